The molecule has 0 saturated heterocycles. The summed E-state index contributed by atoms with van der Waals surface area (Å²) in [4.78, 5) is 0. The summed E-state index contributed by atoms with van der Waals surface area (Å²) in [6.45, 7) is 0. The first-order valence-electron chi connectivity index (χ1n) is 2.19. The van der Waals surface area contributed by atoms with Crippen molar-refractivity contribution >= 4 is 9.76 Å². The van der Waals surface area contributed by atoms with E-state index in [2.05, 4.69) is 0 Å². The fourth-order valence-electron chi connectivity index (χ4n) is 0.197. The summed E-state index contributed by atoms with van der Waals surface area (Å²) >= 11 is 0. The van der Waals surface area contributed by atoms with Crippen LogP contribution in [-0.4, -0.2) is 22.7 Å². The molecule has 0 amide bonds. The molecule has 0 heterocycles. The lowest BCUT2D eigenvalue weighted by Gasteiger charge is -2.15. The third-order valence-electron chi connectivity index (χ3n) is 0.523. The van der Waals surface area contributed by atoms with Gasteiger partial charge in [-0.15, -0.1) is 0 Å². The second kappa shape index (κ2) is 3.16. The molecule has 8 heavy (non-hydrogen) atoms. The van der Waals surface area contributed by atoms with Gasteiger partial charge in [0, 0.05) is 13.2 Å². The molecule has 0 spiro atoms. The van der Waals surface area contributed by atoms with Gasteiger partial charge in [0.15, 0.2) is 0 Å². The molecule has 4 nitrogen and oxygen atoms in total. The Bertz CT molecular complexity index is 62.0. The number of hydrogen-bond donors (Lipinski definition) is 3. The molecule has 0 aliphatic carbocycles. The fraction of sp³-hybridized carbons (Fsp3) is 1.00. The SMILES string of the molecule is CO[Si]CC(N)(N)N. The molecule has 48 valence electrons. The summed E-state index contributed by atoms with van der Waals surface area (Å²) in [5, 5.41) is 0. The maximum Gasteiger partial charge on any atom is 0.233 e. The molecule has 0 unspecified atom stereocenters. The Kier molecular flexibility index (Phi) is 3.18. The van der Waals surface area contributed by atoms with Gasteiger partial charge in [0.05, 0.1) is 0 Å². The minimum Gasteiger partial charge on any atom is -0.420 e. The number of nitrogens with two attached hydrogens (primary N) is 3. The van der Waals surface area contributed by atoms with Gasteiger partial charge in [-0.2, -0.15) is 0 Å². The topological polar surface area (TPSA) is 87.3 Å². The molecule has 0 aromatic carbocycles. The van der Waals surface area contributed by atoms with E-state index in [1.165, 1.54) is 0 Å². The molecular formula is C3H11N3OSi. The summed E-state index contributed by atoms with van der Waals surface area (Å²) in [5.41, 5.74) is 15.6. The van der Waals surface area contributed by atoms with Crippen molar-refractivity contribution in [3.63, 3.8) is 0 Å². The molecule has 6 N–H and O–H groups in total. The molecular weight excluding hydrogens is 122 g/mol. The predicted octanol–water partition coefficient (Wildman–Crippen LogP) is -1.80. The Morgan fingerprint density at radius 1 is 1.50 bits per heavy atom. The molecule has 5 heteroatoms. The van der Waals surface area contributed by atoms with Crippen LogP contribution in [0.3, 0.4) is 0 Å². The van der Waals surface area contributed by atoms with E-state index in [4.69, 9.17) is 21.6 Å². The van der Waals surface area contributed by atoms with Crippen LogP contribution in [0, 0.1) is 0 Å². The first kappa shape index (κ1) is 8.06. The third kappa shape index (κ3) is 6.06. The van der Waals surface area contributed by atoms with Crippen LogP contribution < -0.4 is 17.2 Å². The second-order valence-corrected chi connectivity index (χ2v) is 2.69. The van der Waals surface area contributed by atoms with Gasteiger partial charge in [-0.25, -0.2) is 0 Å². The quantitative estimate of drug-likeness (QED) is 0.313. The monoisotopic (exact) mass is 133 g/mol. The van der Waals surface area contributed by atoms with E-state index in [-0.39, 0.29) is 0 Å². The van der Waals surface area contributed by atoms with Gasteiger partial charge in [-0.05, 0) is 0 Å². The van der Waals surface area contributed by atoms with E-state index < -0.39 is 5.79 Å². The van der Waals surface area contributed by atoms with Crippen molar-refractivity contribution in [1.82, 2.24) is 0 Å². The van der Waals surface area contributed by atoms with Crippen LogP contribution in [-0.2, 0) is 4.43 Å². The lowest BCUT2D eigenvalue weighted by Crippen LogP contribution is -2.58. The van der Waals surface area contributed by atoms with Crippen molar-refractivity contribution in [2.45, 2.75) is 11.8 Å². The normalized spacial score (nSPS) is 12.0. The Labute approximate surface area is 51.3 Å². The van der Waals surface area contributed by atoms with Crippen LogP contribution in [0.4, 0.5) is 0 Å². The first-order valence-corrected chi connectivity index (χ1v) is 3.30. The van der Waals surface area contributed by atoms with Crippen LogP contribution in [0.15, 0.2) is 0 Å². The largest absolute Gasteiger partial charge is 0.420 e. The molecule has 0 bridgehead atoms. The average molecular weight is 133 g/mol. The van der Waals surface area contributed by atoms with Gasteiger partial charge in [-0.1, -0.05) is 0 Å². The van der Waals surface area contributed by atoms with E-state index in [9.17, 15) is 0 Å². The van der Waals surface area contributed by atoms with Gasteiger partial charge >= 0.3 is 0 Å². The number of hydrogen-bond acceptors (Lipinski definition) is 4. The van der Waals surface area contributed by atoms with E-state index >= 15 is 0 Å². The fourth-order valence-corrected chi connectivity index (χ4v) is 0.592. The van der Waals surface area contributed by atoms with Crippen LogP contribution in [0.25, 0.3) is 0 Å². The van der Waals surface area contributed by atoms with Crippen LogP contribution in [0.1, 0.15) is 0 Å². The standard InChI is InChI=1S/C3H11N3OSi/c1-7-8-2-3(4,5)6/h2,4-6H2,1H3. The Morgan fingerprint density at radius 2 is 2.00 bits per heavy atom. The predicted molar refractivity (Wildman–Crippen MR) is 32.9 cm³/mol. The molecule has 2 radical (unpaired) electrons. The summed E-state index contributed by atoms with van der Waals surface area (Å²) in [6, 6.07) is 0.503. The second-order valence-electron chi connectivity index (χ2n) is 1.64. The van der Waals surface area contributed by atoms with Crippen LogP contribution >= 0.6 is 0 Å². The van der Waals surface area contributed by atoms with Crippen molar-refractivity contribution in [2.24, 2.45) is 17.2 Å². The molecule has 0 aromatic rings. The van der Waals surface area contributed by atoms with Gasteiger partial charge in [0.2, 0.25) is 9.76 Å². The van der Waals surface area contributed by atoms with Gasteiger partial charge < -0.3 is 21.6 Å². The van der Waals surface area contributed by atoms with Crippen LogP contribution in [0.2, 0.25) is 6.04 Å². The smallest absolute Gasteiger partial charge is 0.233 e. The summed E-state index contributed by atoms with van der Waals surface area (Å²) in [6.07, 6.45) is 0. The molecule has 0 saturated carbocycles. The van der Waals surface area contributed by atoms with Crippen molar-refractivity contribution in [2.75, 3.05) is 7.11 Å². The molecule has 0 rings (SSSR count). The summed E-state index contributed by atoms with van der Waals surface area (Å²) in [5.74, 6) is -1.06. The highest BCUT2D eigenvalue weighted by molar-refractivity contribution is 6.27. The van der Waals surface area contributed by atoms with Gasteiger partial charge in [0.25, 0.3) is 0 Å². The zero-order valence-electron chi connectivity index (χ0n) is 4.85. The van der Waals surface area contributed by atoms with Gasteiger partial charge in [0.1, 0.15) is 5.79 Å². The highest BCUT2D eigenvalue weighted by Crippen LogP contribution is 1.86. The number of rotatable bonds is 3. The molecule has 0 fully saturated rings. The van der Waals surface area contributed by atoms with E-state index in [0.717, 1.165) is 0 Å². The molecule has 0 aliphatic heterocycles. The zero-order chi connectivity index (χ0) is 6.62. The maximum absolute atomic E-state index is 5.20. The highest BCUT2D eigenvalue weighted by atomic mass is 28.2. The minimum absolute atomic E-state index is 0.291. The van der Waals surface area contributed by atoms with Gasteiger partial charge in [-0.3, -0.25) is 0 Å². The average Bonchev–Trinajstić information content (AvgIpc) is 1.59. The maximum atomic E-state index is 5.20. The van der Waals surface area contributed by atoms with E-state index in [1.807, 2.05) is 0 Å². The van der Waals surface area contributed by atoms with E-state index in [1.54, 1.807) is 7.11 Å². The highest BCUT2D eigenvalue weighted by Gasteiger charge is 2.10. The lowest BCUT2D eigenvalue weighted by molar-refractivity contribution is 0.416. The summed E-state index contributed by atoms with van der Waals surface area (Å²) in [7, 11) is 1.88. The van der Waals surface area contributed by atoms with Crippen molar-refractivity contribution in [3.05, 3.63) is 0 Å². The third-order valence-corrected chi connectivity index (χ3v) is 1.57. The zero-order valence-corrected chi connectivity index (χ0v) is 5.85. The van der Waals surface area contributed by atoms with Crippen LogP contribution in [0.5, 0.6) is 0 Å². The van der Waals surface area contributed by atoms with Crippen molar-refractivity contribution in [1.29, 1.82) is 0 Å². The lowest BCUT2D eigenvalue weighted by atomic mass is 10.5. The molecule has 0 aromatic heterocycles. The Hall–Kier alpha value is 0.0569. The van der Waals surface area contributed by atoms with E-state index in [0.29, 0.717) is 15.8 Å². The van der Waals surface area contributed by atoms with Crippen molar-refractivity contribution in [3.8, 4) is 0 Å². The molecule has 0 atom stereocenters. The minimum atomic E-state index is -1.06. The summed E-state index contributed by atoms with van der Waals surface area (Å²) < 4.78 is 4.71. The Balaban J connectivity index is 3.11. The Morgan fingerprint density at radius 3 is 2.12 bits per heavy atom. The first-order chi connectivity index (χ1) is 3.56. The molecule has 0 aliphatic rings. The van der Waals surface area contributed by atoms with Crippen molar-refractivity contribution < 1.29 is 4.43 Å².